The summed E-state index contributed by atoms with van der Waals surface area (Å²) in [6.45, 7) is 2.88. The Bertz CT molecular complexity index is 2160. The zero-order chi connectivity index (χ0) is 25.2. The van der Waals surface area contributed by atoms with Crippen LogP contribution in [0.15, 0.2) is 97.3 Å². The van der Waals surface area contributed by atoms with Gasteiger partial charge in [-0.3, -0.25) is 0 Å². The van der Waals surface area contributed by atoms with Crippen molar-refractivity contribution in [1.29, 1.82) is 0 Å². The Morgan fingerprint density at radius 1 is 0.684 bits per heavy atom. The highest BCUT2D eigenvalue weighted by Gasteiger charge is 2.16. The van der Waals surface area contributed by atoms with Crippen molar-refractivity contribution in [3.8, 4) is 11.4 Å². The van der Waals surface area contributed by atoms with Gasteiger partial charge in [-0.05, 0) is 53.6 Å². The van der Waals surface area contributed by atoms with Gasteiger partial charge in [0.1, 0.15) is 5.82 Å². The summed E-state index contributed by atoms with van der Waals surface area (Å²) < 4.78 is 0. The summed E-state index contributed by atoms with van der Waals surface area (Å²) in [7, 11) is 0. The molecule has 0 radical (unpaired) electrons. The molecule has 0 aliphatic heterocycles. The molecule has 0 bridgehead atoms. The molecule has 4 N–H and O–H groups in total. The van der Waals surface area contributed by atoms with E-state index in [4.69, 9.17) is 4.98 Å². The minimum atomic E-state index is 0.745. The first kappa shape index (κ1) is 21.1. The molecule has 38 heavy (non-hydrogen) atoms. The Hall–Kier alpha value is -5.03. The van der Waals surface area contributed by atoms with E-state index >= 15 is 0 Å². The number of aromatic nitrogens is 4. The molecule has 0 spiro atoms. The number of hydrogen-bond donors (Lipinski definition) is 4. The lowest BCUT2D eigenvalue weighted by molar-refractivity contribution is 1.16. The number of para-hydroxylation sites is 1. The van der Waals surface area contributed by atoms with Crippen LogP contribution in [0.2, 0.25) is 0 Å². The third-order valence-corrected chi connectivity index (χ3v) is 7.72. The van der Waals surface area contributed by atoms with Crippen LogP contribution in [0.3, 0.4) is 0 Å². The predicted molar refractivity (Wildman–Crippen MR) is 159 cm³/mol. The van der Waals surface area contributed by atoms with Crippen LogP contribution in [0.5, 0.6) is 0 Å². The number of nitrogens with zero attached hydrogens (tertiary/aromatic N) is 1. The van der Waals surface area contributed by atoms with E-state index in [2.05, 4.69) is 112 Å². The molecule has 0 aliphatic carbocycles. The molecule has 0 fully saturated rings. The SMILES string of the molecule is Cc1ccc2[nH]cc(CNc3ccc4c5ccccc5c5nc(-c6c[nH]c7ccccc67)[nH]c5c4c3)c2c1. The highest BCUT2D eigenvalue weighted by Crippen LogP contribution is 2.37. The molecule has 5 aromatic carbocycles. The summed E-state index contributed by atoms with van der Waals surface area (Å²) in [6.07, 6.45) is 4.15. The molecule has 0 saturated carbocycles. The number of rotatable bonds is 4. The molecule has 0 amide bonds. The van der Waals surface area contributed by atoms with Gasteiger partial charge in [0.2, 0.25) is 0 Å². The van der Waals surface area contributed by atoms with Crippen LogP contribution in [0.4, 0.5) is 5.69 Å². The van der Waals surface area contributed by atoms with Gasteiger partial charge in [-0.25, -0.2) is 4.98 Å². The van der Waals surface area contributed by atoms with E-state index in [0.29, 0.717) is 0 Å². The average Bonchev–Trinajstić information content (AvgIpc) is 3.68. The summed E-state index contributed by atoms with van der Waals surface area (Å²) in [6, 6.07) is 30.1. The van der Waals surface area contributed by atoms with Crippen LogP contribution in [-0.4, -0.2) is 19.9 Å². The number of imidazole rings is 1. The van der Waals surface area contributed by atoms with Crippen LogP contribution < -0.4 is 5.32 Å². The minimum Gasteiger partial charge on any atom is -0.381 e. The van der Waals surface area contributed by atoms with E-state index in [1.165, 1.54) is 32.8 Å². The van der Waals surface area contributed by atoms with Crippen LogP contribution in [0.1, 0.15) is 11.1 Å². The third kappa shape index (κ3) is 3.15. The van der Waals surface area contributed by atoms with Crippen molar-refractivity contribution in [2.24, 2.45) is 0 Å². The first-order chi connectivity index (χ1) is 18.7. The quantitative estimate of drug-likeness (QED) is 0.187. The highest BCUT2D eigenvalue weighted by atomic mass is 14.9. The van der Waals surface area contributed by atoms with Gasteiger partial charge in [-0.15, -0.1) is 0 Å². The number of aryl methyl sites for hydroxylation is 1. The van der Waals surface area contributed by atoms with Gasteiger partial charge in [0.05, 0.1) is 11.0 Å². The number of hydrogen-bond acceptors (Lipinski definition) is 2. The van der Waals surface area contributed by atoms with Crippen molar-refractivity contribution in [2.75, 3.05) is 5.32 Å². The second-order valence-corrected chi connectivity index (χ2v) is 10.1. The van der Waals surface area contributed by atoms with Crippen molar-refractivity contribution in [2.45, 2.75) is 13.5 Å². The Morgan fingerprint density at radius 2 is 1.45 bits per heavy atom. The third-order valence-electron chi connectivity index (χ3n) is 7.72. The molecule has 5 heteroatoms. The fourth-order valence-corrected chi connectivity index (χ4v) is 5.81. The fraction of sp³-hybridized carbons (Fsp3) is 0.0606. The predicted octanol–water partition coefficient (Wildman–Crippen LogP) is 8.42. The van der Waals surface area contributed by atoms with Crippen molar-refractivity contribution in [1.82, 2.24) is 19.9 Å². The van der Waals surface area contributed by atoms with Crippen LogP contribution in [-0.2, 0) is 6.54 Å². The summed E-state index contributed by atoms with van der Waals surface area (Å²) in [5.41, 5.74) is 9.03. The lowest BCUT2D eigenvalue weighted by Crippen LogP contribution is -1.98. The number of nitrogens with one attached hydrogen (secondary N) is 4. The molecule has 0 saturated heterocycles. The van der Waals surface area contributed by atoms with E-state index in [0.717, 1.165) is 56.3 Å². The largest absolute Gasteiger partial charge is 0.381 e. The zero-order valence-corrected chi connectivity index (χ0v) is 20.9. The molecular weight excluding hydrogens is 466 g/mol. The van der Waals surface area contributed by atoms with Crippen LogP contribution in [0, 0.1) is 6.92 Å². The van der Waals surface area contributed by atoms with E-state index in [1.54, 1.807) is 0 Å². The van der Waals surface area contributed by atoms with E-state index < -0.39 is 0 Å². The van der Waals surface area contributed by atoms with Gasteiger partial charge in [0.25, 0.3) is 0 Å². The molecule has 8 aromatic rings. The summed E-state index contributed by atoms with van der Waals surface area (Å²) in [5, 5.41) is 10.8. The minimum absolute atomic E-state index is 0.745. The maximum Gasteiger partial charge on any atom is 0.140 e. The molecule has 0 aliphatic rings. The summed E-state index contributed by atoms with van der Waals surface area (Å²) in [5.74, 6) is 0.877. The normalized spacial score (nSPS) is 11.9. The molecule has 8 rings (SSSR count). The Balaban J connectivity index is 1.28. The number of aromatic amines is 3. The molecule has 5 nitrogen and oxygen atoms in total. The molecule has 3 aromatic heterocycles. The second-order valence-electron chi connectivity index (χ2n) is 10.1. The zero-order valence-electron chi connectivity index (χ0n) is 20.9. The van der Waals surface area contributed by atoms with Crippen LogP contribution in [0.25, 0.3) is 65.8 Å². The summed E-state index contributed by atoms with van der Waals surface area (Å²) >= 11 is 0. The number of anilines is 1. The molecule has 3 heterocycles. The molecule has 182 valence electrons. The van der Waals surface area contributed by atoms with E-state index in [-0.39, 0.29) is 0 Å². The monoisotopic (exact) mass is 491 g/mol. The maximum atomic E-state index is 5.14. The summed E-state index contributed by atoms with van der Waals surface area (Å²) in [4.78, 5) is 15.6. The van der Waals surface area contributed by atoms with Crippen molar-refractivity contribution in [3.05, 3.63) is 108 Å². The average molecular weight is 492 g/mol. The molecule has 0 atom stereocenters. The Kier molecular flexibility index (Phi) is 4.43. The van der Waals surface area contributed by atoms with Gasteiger partial charge in [-0.2, -0.15) is 0 Å². The van der Waals surface area contributed by atoms with Gasteiger partial charge < -0.3 is 20.3 Å². The molecular formula is C33H25N5. The fourth-order valence-electron chi connectivity index (χ4n) is 5.81. The first-order valence-electron chi connectivity index (χ1n) is 12.9. The topological polar surface area (TPSA) is 72.3 Å². The van der Waals surface area contributed by atoms with Crippen molar-refractivity contribution in [3.63, 3.8) is 0 Å². The lowest BCUT2D eigenvalue weighted by Gasteiger charge is -2.10. The van der Waals surface area contributed by atoms with Gasteiger partial charge >= 0.3 is 0 Å². The van der Waals surface area contributed by atoms with E-state index in [1.807, 2.05) is 12.3 Å². The maximum absolute atomic E-state index is 5.14. The Morgan fingerprint density at radius 3 is 2.37 bits per heavy atom. The standard InChI is InChI=1S/C33H25N5/c1-19-10-13-30-26(14-19)20(17-35-30)16-34-21-11-12-23-22-6-2-3-8-25(22)31-32(27(23)15-21)38-33(37-31)28-18-36-29-9-5-4-7-24(28)29/h2-15,17-18,34-36H,16H2,1H3,(H,37,38). The Labute approximate surface area is 218 Å². The first-order valence-corrected chi connectivity index (χ1v) is 12.9. The van der Waals surface area contributed by atoms with E-state index in [9.17, 15) is 0 Å². The lowest BCUT2D eigenvalue weighted by atomic mass is 9.99. The van der Waals surface area contributed by atoms with Crippen molar-refractivity contribution >= 4 is 60.1 Å². The molecule has 0 unspecified atom stereocenters. The smallest absolute Gasteiger partial charge is 0.140 e. The van der Waals surface area contributed by atoms with Crippen LogP contribution >= 0.6 is 0 Å². The second kappa shape index (κ2) is 7.98. The van der Waals surface area contributed by atoms with Crippen molar-refractivity contribution < 1.29 is 0 Å². The number of H-pyrrole nitrogens is 3. The van der Waals surface area contributed by atoms with Gasteiger partial charge in [0.15, 0.2) is 0 Å². The van der Waals surface area contributed by atoms with Gasteiger partial charge in [-0.1, -0.05) is 60.2 Å². The van der Waals surface area contributed by atoms with Gasteiger partial charge in [0, 0.05) is 62.8 Å². The number of fused-ring (bicyclic) bond motifs is 8. The number of benzene rings is 5. The highest BCUT2D eigenvalue weighted by molar-refractivity contribution is 6.24.